The maximum absolute atomic E-state index is 11.6. The number of hydrogen-bond donors (Lipinski definition) is 2. The van der Waals surface area contributed by atoms with Crippen molar-refractivity contribution in [3.63, 3.8) is 0 Å². The van der Waals surface area contributed by atoms with Crippen LogP contribution in [0.3, 0.4) is 0 Å². The average molecular weight is 258 g/mol. The summed E-state index contributed by atoms with van der Waals surface area (Å²) >= 11 is 0. The molecule has 2 atom stereocenters. The van der Waals surface area contributed by atoms with Gasteiger partial charge in [-0.2, -0.15) is 0 Å². The first kappa shape index (κ1) is 13.6. The van der Waals surface area contributed by atoms with E-state index in [1.165, 1.54) is 6.20 Å². The van der Waals surface area contributed by atoms with Gasteiger partial charge in [-0.1, -0.05) is 6.07 Å². The predicted octanol–water partition coefficient (Wildman–Crippen LogP) is 0.535. The zero-order valence-electron chi connectivity index (χ0n) is 9.49. The quantitative estimate of drug-likeness (QED) is 0.803. The van der Waals surface area contributed by atoms with Crippen molar-refractivity contribution < 1.29 is 18.3 Å². The molecule has 1 heterocycles. The highest BCUT2D eigenvalue weighted by atomic mass is 32.2. The van der Waals surface area contributed by atoms with Crippen molar-refractivity contribution in [2.45, 2.75) is 25.1 Å². The van der Waals surface area contributed by atoms with E-state index in [1.54, 1.807) is 25.3 Å². The van der Waals surface area contributed by atoms with Gasteiger partial charge in [0.25, 0.3) is 0 Å². The van der Waals surface area contributed by atoms with Crippen LogP contribution in [0.1, 0.15) is 25.5 Å². The van der Waals surface area contributed by atoms with E-state index in [1.807, 2.05) is 0 Å². The number of carboxylic acids is 1. The van der Waals surface area contributed by atoms with Crippen molar-refractivity contribution in [2.24, 2.45) is 0 Å². The van der Waals surface area contributed by atoms with Gasteiger partial charge >= 0.3 is 5.97 Å². The van der Waals surface area contributed by atoms with E-state index in [0.717, 1.165) is 6.92 Å². The second-order valence-corrected chi connectivity index (χ2v) is 5.68. The summed E-state index contributed by atoms with van der Waals surface area (Å²) in [7, 11) is -3.88. The summed E-state index contributed by atoms with van der Waals surface area (Å²) < 4.78 is 25.6. The Hall–Kier alpha value is -1.47. The lowest BCUT2D eigenvalue weighted by Crippen LogP contribution is -2.38. The van der Waals surface area contributed by atoms with E-state index in [-0.39, 0.29) is 0 Å². The van der Waals surface area contributed by atoms with E-state index in [2.05, 4.69) is 9.71 Å². The first-order valence-electron chi connectivity index (χ1n) is 4.98. The molecule has 0 saturated heterocycles. The molecule has 0 aliphatic rings. The lowest BCUT2D eigenvalue weighted by Gasteiger charge is -2.16. The molecule has 0 radical (unpaired) electrons. The highest BCUT2D eigenvalue weighted by Crippen LogP contribution is 2.13. The third-order valence-corrected chi connectivity index (χ3v) is 4.15. The Bertz CT molecular complexity index is 486. The van der Waals surface area contributed by atoms with Gasteiger partial charge in [-0.3, -0.25) is 9.78 Å². The molecule has 0 saturated carbocycles. The van der Waals surface area contributed by atoms with Gasteiger partial charge in [-0.15, -0.1) is 0 Å². The van der Waals surface area contributed by atoms with Gasteiger partial charge in [0.1, 0.15) is 0 Å². The number of rotatable bonds is 5. The van der Waals surface area contributed by atoms with Crippen LogP contribution in [0.2, 0.25) is 0 Å². The molecule has 6 nitrogen and oxygen atoms in total. The second-order valence-electron chi connectivity index (χ2n) is 3.65. The fourth-order valence-corrected chi connectivity index (χ4v) is 2.28. The van der Waals surface area contributed by atoms with Crippen LogP contribution in [-0.2, 0) is 14.8 Å². The number of hydrogen-bond acceptors (Lipinski definition) is 4. The number of pyridine rings is 1. The van der Waals surface area contributed by atoms with Crippen LogP contribution in [-0.4, -0.2) is 29.7 Å². The molecule has 0 fully saturated rings. The molecule has 94 valence electrons. The Morgan fingerprint density at radius 3 is 2.59 bits per heavy atom. The first-order chi connectivity index (χ1) is 7.84. The van der Waals surface area contributed by atoms with Crippen LogP contribution in [0, 0.1) is 0 Å². The largest absolute Gasteiger partial charge is 0.480 e. The van der Waals surface area contributed by atoms with Gasteiger partial charge in [0.05, 0.1) is 0 Å². The first-order valence-corrected chi connectivity index (χ1v) is 6.53. The molecule has 0 bridgehead atoms. The lowest BCUT2D eigenvalue weighted by molar-refractivity contribution is -0.136. The minimum Gasteiger partial charge on any atom is -0.480 e. The molecule has 7 heteroatoms. The maximum Gasteiger partial charge on any atom is 0.323 e. The monoisotopic (exact) mass is 258 g/mol. The summed E-state index contributed by atoms with van der Waals surface area (Å²) in [4.78, 5) is 14.5. The Labute approximate surface area is 99.7 Å². The van der Waals surface area contributed by atoms with Gasteiger partial charge in [0.15, 0.2) is 5.25 Å². The van der Waals surface area contributed by atoms with Gasteiger partial charge in [-0.25, -0.2) is 13.1 Å². The molecular weight excluding hydrogens is 244 g/mol. The second kappa shape index (κ2) is 5.24. The molecule has 1 aromatic heterocycles. The Kier molecular flexibility index (Phi) is 4.19. The van der Waals surface area contributed by atoms with Crippen molar-refractivity contribution in [3.05, 3.63) is 30.1 Å². The van der Waals surface area contributed by atoms with Crippen LogP contribution in [0.5, 0.6) is 0 Å². The van der Waals surface area contributed by atoms with Crippen LogP contribution < -0.4 is 4.72 Å². The van der Waals surface area contributed by atoms with E-state index in [4.69, 9.17) is 5.11 Å². The summed E-state index contributed by atoms with van der Waals surface area (Å²) in [6.45, 7) is 2.75. The van der Waals surface area contributed by atoms with Crippen molar-refractivity contribution in [1.29, 1.82) is 0 Å². The number of carboxylic acid groups (broad SMARTS) is 1. The van der Waals surface area contributed by atoms with Crippen molar-refractivity contribution in [1.82, 2.24) is 9.71 Å². The van der Waals surface area contributed by atoms with Crippen LogP contribution in [0.4, 0.5) is 0 Å². The molecule has 17 heavy (non-hydrogen) atoms. The predicted molar refractivity (Wildman–Crippen MR) is 61.8 cm³/mol. The van der Waals surface area contributed by atoms with Crippen molar-refractivity contribution in [2.75, 3.05) is 0 Å². The molecule has 0 aliphatic heterocycles. The highest BCUT2D eigenvalue weighted by molar-refractivity contribution is 7.90. The van der Waals surface area contributed by atoms with E-state index in [0.29, 0.717) is 5.56 Å². The van der Waals surface area contributed by atoms with E-state index in [9.17, 15) is 13.2 Å². The molecular formula is C10H14N2O4S. The lowest BCUT2D eigenvalue weighted by atomic mass is 10.2. The van der Waals surface area contributed by atoms with Crippen LogP contribution in [0.15, 0.2) is 24.5 Å². The van der Waals surface area contributed by atoms with Gasteiger partial charge < -0.3 is 5.11 Å². The number of carbonyl (C=O) groups is 1. The third-order valence-electron chi connectivity index (χ3n) is 2.34. The fourth-order valence-electron chi connectivity index (χ4n) is 1.18. The van der Waals surface area contributed by atoms with Gasteiger partial charge in [0, 0.05) is 18.4 Å². The summed E-state index contributed by atoms with van der Waals surface area (Å²) in [6, 6.07) is 2.88. The normalized spacial score (nSPS) is 15.2. The molecule has 2 N–H and O–H groups in total. The number of aliphatic carboxylic acids is 1. The minimum absolute atomic E-state index is 0.518. The van der Waals surface area contributed by atoms with Crippen LogP contribution in [0.25, 0.3) is 0 Å². The summed E-state index contributed by atoms with van der Waals surface area (Å²) in [5.74, 6) is -1.38. The zero-order chi connectivity index (χ0) is 13.1. The van der Waals surface area contributed by atoms with E-state index < -0.39 is 27.3 Å². The SMILES string of the molecule is CC(C(=O)O)S(=O)(=O)N[C@H](C)c1cccnc1. The smallest absolute Gasteiger partial charge is 0.323 e. The highest BCUT2D eigenvalue weighted by Gasteiger charge is 2.29. The summed E-state index contributed by atoms with van der Waals surface area (Å²) in [6.07, 6.45) is 3.10. The fraction of sp³-hybridized carbons (Fsp3) is 0.400. The van der Waals surface area contributed by atoms with Crippen molar-refractivity contribution >= 4 is 16.0 Å². The molecule has 1 rings (SSSR count). The third kappa shape index (κ3) is 3.50. The zero-order valence-corrected chi connectivity index (χ0v) is 10.3. The average Bonchev–Trinajstić information content (AvgIpc) is 2.28. The Balaban J connectivity index is 2.82. The molecule has 0 aromatic carbocycles. The molecule has 0 amide bonds. The molecule has 0 spiro atoms. The number of sulfonamides is 1. The number of aromatic nitrogens is 1. The van der Waals surface area contributed by atoms with Crippen molar-refractivity contribution in [3.8, 4) is 0 Å². The number of nitrogens with one attached hydrogen (secondary N) is 1. The Morgan fingerprint density at radius 1 is 1.47 bits per heavy atom. The standard InChI is InChI=1S/C10H14N2O4S/c1-7(9-4-3-5-11-6-9)12-17(15,16)8(2)10(13)14/h3-8,12H,1-2H3,(H,13,14)/t7-,8?/m1/s1. The van der Waals surface area contributed by atoms with Gasteiger partial charge in [-0.05, 0) is 25.5 Å². The topological polar surface area (TPSA) is 96.4 Å². The molecule has 1 unspecified atom stereocenters. The summed E-state index contributed by atoms with van der Waals surface area (Å²) in [5, 5.41) is 7.18. The molecule has 1 aromatic rings. The minimum atomic E-state index is -3.88. The number of nitrogens with zero attached hydrogens (tertiary/aromatic N) is 1. The summed E-state index contributed by atoms with van der Waals surface area (Å²) in [5.41, 5.74) is 0.675. The van der Waals surface area contributed by atoms with E-state index >= 15 is 0 Å². The van der Waals surface area contributed by atoms with Gasteiger partial charge in [0.2, 0.25) is 10.0 Å². The maximum atomic E-state index is 11.6. The Morgan fingerprint density at radius 2 is 2.12 bits per heavy atom. The van der Waals surface area contributed by atoms with Crippen LogP contribution >= 0.6 is 0 Å². The molecule has 0 aliphatic carbocycles.